The van der Waals surface area contributed by atoms with Crippen LogP contribution in [-0.4, -0.2) is 231 Å². The van der Waals surface area contributed by atoms with Crippen molar-refractivity contribution >= 4 is 71.0 Å². The Labute approximate surface area is 543 Å². The molecule has 4 aromatic rings. The smallest absolute Gasteiger partial charge is 0.317 e. The first-order chi connectivity index (χ1) is 45.2. The van der Waals surface area contributed by atoms with Crippen molar-refractivity contribution in [3.63, 3.8) is 0 Å². The zero-order chi connectivity index (χ0) is 68.0. The van der Waals surface area contributed by atoms with Gasteiger partial charge < -0.3 is 78.9 Å². The first-order valence-corrected chi connectivity index (χ1v) is 31.4. The molecular formula is C62H89N17O15. The van der Waals surface area contributed by atoms with Crippen molar-refractivity contribution in [1.29, 1.82) is 0 Å². The molecule has 32 nitrogen and oxygen atoms in total. The van der Waals surface area contributed by atoms with Crippen LogP contribution in [0.15, 0.2) is 73.6 Å². The highest BCUT2D eigenvalue weighted by molar-refractivity contribution is 5.94. The molecule has 0 saturated carbocycles. The minimum Gasteiger partial charge on any atom is -0.508 e. The van der Waals surface area contributed by atoms with Crippen LogP contribution in [-0.2, 0) is 89.8 Å². The molecular weight excluding hydrogens is 1220 g/mol. The van der Waals surface area contributed by atoms with Gasteiger partial charge in [-0.1, -0.05) is 36.4 Å². The number of rotatable bonds is 42. The predicted molar refractivity (Wildman–Crippen MR) is 339 cm³/mol. The third-order valence-corrected chi connectivity index (χ3v) is 15.1. The average Bonchev–Trinajstić information content (AvgIpc) is 1.10. The van der Waals surface area contributed by atoms with Gasteiger partial charge >= 0.3 is 11.9 Å². The van der Waals surface area contributed by atoms with Crippen LogP contribution in [0.2, 0.25) is 0 Å². The van der Waals surface area contributed by atoms with Crippen LogP contribution in [0.3, 0.4) is 0 Å². The van der Waals surface area contributed by atoms with Gasteiger partial charge in [0.2, 0.25) is 59.1 Å². The number of carboxylic acids is 2. The molecule has 16 N–H and O–H groups in total. The number of aliphatic carboxylic acids is 2. The molecule has 3 heterocycles. The van der Waals surface area contributed by atoms with Crippen LogP contribution >= 0.6 is 0 Å². The fraction of sp³-hybridized carbons (Fsp3) is 0.516. The number of imidazole rings is 2. The van der Waals surface area contributed by atoms with E-state index in [2.05, 4.69) is 72.7 Å². The number of nitrogens with zero attached hydrogens (tertiary/aromatic N) is 5. The number of amides is 10. The number of primary amides is 1. The van der Waals surface area contributed by atoms with Gasteiger partial charge in [-0.3, -0.25) is 72.2 Å². The quantitative estimate of drug-likeness (QED) is 0.0200. The second kappa shape index (κ2) is 41.6. The zero-order valence-electron chi connectivity index (χ0n) is 52.7. The number of aromatic hydroxyl groups is 1. The van der Waals surface area contributed by atoms with Crippen LogP contribution in [0.25, 0.3) is 0 Å². The molecule has 2 unspecified atom stereocenters. The fourth-order valence-corrected chi connectivity index (χ4v) is 9.88. The molecule has 512 valence electrons. The summed E-state index contributed by atoms with van der Waals surface area (Å²) >= 11 is 0. The lowest BCUT2D eigenvalue weighted by atomic mass is 10.0. The van der Waals surface area contributed by atoms with E-state index >= 15 is 0 Å². The summed E-state index contributed by atoms with van der Waals surface area (Å²) in [5.74, 6) is -7.69. The van der Waals surface area contributed by atoms with Crippen molar-refractivity contribution in [2.45, 2.75) is 115 Å². The van der Waals surface area contributed by atoms with Crippen LogP contribution in [0.4, 0.5) is 0 Å². The normalized spacial score (nSPS) is 13.8. The van der Waals surface area contributed by atoms with Crippen molar-refractivity contribution < 1.29 is 72.9 Å². The molecule has 0 aliphatic carbocycles. The van der Waals surface area contributed by atoms with Gasteiger partial charge in [-0.05, 0) is 67.3 Å². The number of unbranched alkanes of at least 4 members (excludes halogenated alkanes) is 2. The van der Waals surface area contributed by atoms with Crippen molar-refractivity contribution in [3.8, 4) is 5.75 Å². The Morgan fingerprint density at radius 2 is 0.883 bits per heavy atom. The number of carbonyl (C=O) groups is 12. The first kappa shape index (κ1) is 74.9. The van der Waals surface area contributed by atoms with Crippen molar-refractivity contribution in [2.75, 3.05) is 91.6 Å². The number of nitrogens with one attached hydrogen (secondary N) is 11. The van der Waals surface area contributed by atoms with Gasteiger partial charge in [0.05, 0.1) is 45.3 Å². The molecule has 10 amide bonds. The summed E-state index contributed by atoms with van der Waals surface area (Å²) in [7, 11) is 0. The standard InChI is InChI=1S/C62H89N17O15/c63-60(92)48(5-1-3-21-66-56(86)35-70-53(83)17-15-51(81)68-23-19-45-33-64-40-72-45)75-62(94)50(31-42-11-13-47(80)14-12-42)76-61(93)49(6-2-4-22-67-57(87)36-71-54(84)18-16-52(82)69-24-20-46-34-65-41-73-46)74-55(85)32-43-7-9-44(10-8-43)37-77-25-27-78(38-58(88)89)29-30-79(28-26-77)39-59(90)91/h7-14,33-34,40-41,48-50,80H,1-6,15-32,35-39H2,(H2,63,92)(H,64,72)(H,65,73)(H,66,86)(H,67,87)(H,68,81)(H,69,82)(H,70,83)(H,71,84)(H,74,85)(H,75,94)(H,76,93)(H,88,89)(H,90,91)/t48?,49?,50-/m1/s1. The lowest BCUT2D eigenvalue weighted by Gasteiger charge is -2.25. The molecule has 1 saturated heterocycles. The van der Waals surface area contributed by atoms with Crippen LogP contribution in [0.1, 0.15) is 92.3 Å². The number of phenolic OH excluding ortho intramolecular Hbond substituents is 1. The molecule has 0 spiro atoms. The molecule has 3 atom stereocenters. The summed E-state index contributed by atoms with van der Waals surface area (Å²) in [6, 6.07) is 9.20. The maximum Gasteiger partial charge on any atom is 0.317 e. The lowest BCUT2D eigenvalue weighted by Crippen LogP contribution is -2.57. The maximum atomic E-state index is 14.5. The zero-order valence-corrected chi connectivity index (χ0v) is 52.7. The predicted octanol–water partition coefficient (Wildman–Crippen LogP) is -2.76. The lowest BCUT2D eigenvalue weighted by molar-refractivity contribution is -0.140. The maximum absolute atomic E-state index is 14.5. The van der Waals surface area contributed by atoms with Gasteiger partial charge in [0.15, 0.2) is 0 Å². The van der Waals surface area contributed by atoms with Gasteiger partial charge in [0.25, 0.3) is 0 Å². The minimum absolute atomic E-state index is 0.0179. The van der Waals surface area contributed by atoms with E-state index in [4.69, 9.17) is 5.73 Å². The molecule has 1 aliphatic rings. The van der Waals surface area contributed by atoms with Gasteiger partial charge in [-0.15, -0.1) is 0 Å². The van der Waals surface area contributed by atoms with E-state index in [1.165, 1.54) is 36.9 Å². The van der Waals surface area contributed by atoms with Crippen LogP contribution in [0, 0.1) is 0 Å². The number of phenols is 1. The van der Waals surface area contributed by atoms with Crippen molar-refractivity contribution in [3.05, 3.63) is 102 Å². The number of carbonyl (C=O) groups excluding carboxylic acids is 10. The molecule has 0 bridgehead atoms. The summed E-state index contributed by atoms with van der Waals surface area (Å²) in [6.45, 7) is 3.04. The highest BCUT2D eigenvalue weighted by atomic mass is 16.4. The Balaban J connectivity index is 1.17. The molecule has 1 aliphatic heterocycles. The number of nitrogens with two attached hydrogens (primary N) is 1. The fourth-order valence-electron chi connectivity index (χ4n) is 9.88. The molecule has 94 heavy (non-hydrogen) atoms. The Morgan fingerprint density at radius 3 is 1.34 bits per heavy atom. The highest BCUT2D eigenvalue weighted by Crippen LogP contribution is 2.15. The van der Waals surface area contributed by atoms with E-state index in [-0.39, 0.29) is 121 Å². The van der Waals surface area contributed by atoms with E-state index in [1.807, 2.05) is 12.1 Å². The average molecular weight is 1310 g/mol. The topological polar surface area (TPSA) is 467 Å². The Morgan fingerprint density at radius 1 is 0.468 bits per heavy atom. The summed E-state index contributed by atoms with van der Waals surface area (Å²) in [5.41, 5.74) is 9.42. The minimum atomic E-state index is -1.36. The molecule has 32 heteroatoms. The van der Waals surface area contributed by atoms with E-state index < -0.39 is 77.3 Å². The number of benzene rings is 2. The van der Waals surface area contributed by atoms with Crippen LogP contribution in [0.5, 0.6) is 5.75 Å². The van der Waals surface area contributed by atoms with Gasteiger partial charge in [0, 0.05) is 141 Å². The van der Waals surface area contributed by atoms with Gasteiger partial charge in [-0.2, -0.15) is 0 Å². The van der Waals surface area contributed by atoms with E-state index in [0.29, 0.717) is 95.7 Å². The van der Waals surface area contributed by atoms with Gasteiger partial charge in [-0.25, -0.2) is 9.97 Å². The largest absolute Gasteiger partial charge is 0.508 e. The van der Waals surface area contributed by atoms with Crippen molar-refractivity contribution in [2.24, 2.45) is 5.73 Å². The number of aromatic amines is 2. The van der Waals surface area contributed by atoms with Crippen LogP contribution < -0.4 is 53.6 Å². The first-order valence-electron chi connectivity index (χ1n) is 31.4. The summed E-state index contributed by atoms with van der Waals surface area (Å²) in [4.78, 5) is 172. The summed E-state index contributed by atoms with van der Waals surface area (Å²) in [5, 5.41) is 52.9. The summed E-state index contributed by atoms with van der Waals surface area (Å²) in [6.07, 6.45) is 7.92. The third kappa shape index (κ3) is 31.5. The van der Waals surface area contributed by atoms with E-state index in [0.717, 1.165) is 17.0 Å². The Hall–Kier alpha value is -9.82. The molecule has 5 rings (SSSR count). The molecule has 1 fully saturated rings. The molecule has 2 aromatic carbocycles. The third-order valence-electron chi connectivity index (χ3n) is 15.1. The number of carboxylic acid groups (broad SMARTS) is 2. The number of H-pyrrole nitrogens is 2. The monoisotopic (exact) mass is 1310 g/mol. The Bertz CT molecular complexity index is 3050. The molecule has 2 aromatic heterocycles. The number of hydrogen-bond donors (Lipinski definition) is 15. The summed E-state index contributed by atoms with van der Waals surface area (Å²) < 4.78 is 0. The molecule has 0 radical (unpaired) electrons. The number of aromatic nitrogens is 4. The van der Waals surface area contributed by atoms with Gasteiger partial charge in [0.1, 0.15) is 23.9 Å². The van der Waals surface area contributed by atoms with E-state index in [9.17, 15) is 72.9 Å². The SMILES string of the molecule is NC(=O)C(CCCCNC(=O)CNC(=O)CCC(=O)NCCc1cnc[nH]1)NC(=O)[C@@H](Cc1ccc(O)cc1)NC(=O)C(CCCCNC(=O)CNC(=O)CCC(=O)NCCc1cnc[nH]1)NC(=O)Cc1ccc(CN2CCN(CC(=O)O)CCN(CC(=O)O)CC2)cc1. The van der Waals surface area contributed by atoms with E-state index in [1.54, 1.807) is 34.3 Å². The van der Waals surface area contributed by atoms with Crippen molar-refractivity contribution in [1.82, 2.24) is 82.5 Å². The second-order valence-electron chi connectivity index (χ2n) is 22.7. The number of hydrogen-bond acceptors (Lipinski definition) is 18. The second-order valence-corrected chi connectivity index (χ2v) is 22.7. The Kier molecular flexibility index (Phi) is 33.2. The highest BCUT2D eigenvalue weighted by Gasteiger charge is 2.30.